The van der Waals surface area contributed by atoms with Gasteiger partial charge in [0.1, 0.15) is 11.4 Å². The molecular weight excluding hydrogens is 602 g/mol. The molecule has 5 aromatic carbocycles. The average Bonchev–Trinajstić information content (AvgIpc) is 3.02. The second-order valence-electron chi connectivity index (χ2n) is 9.62. The van der Waals surface area contributed by atoms with Crippen LogP contribution in [0.25, 0.3) is 23.0 Å². The maximum atomic E-state index is 15.3. The number of fused-ring (bicyclic) bond motifs is 3. The zero-order valence-corrected chi connectivity index (χ0v) is 21.9. The molecule has 1 aliphatic heterocycles. The summed E-state index contributed by atoms with van der Waals surface area (Å²) in [6.45, 7) is 7.46. The molecule has 222 valence electrons. The van der Waals surface area contributed by atoms with E-state index in [1.54, 1.807) is 0 Å². The molecule has 5 aromatic rings. The van der Waals surface area contributed by atoms with Gasteiger partial charge in [0.15, 0.2) is 46.5 Å². The molecule has 0 spiro atoms. The molecule has 0 N–H and O–H groups in total. The van der Waals surface area contributed by atoms with E-state index < -0.39 is 69.5 Å². The van der Waals surface area contributed by atoms with E-state index in [-0.39, 0.29) is 38.6 Å². The monoisotopic (exact) mass is 616 g/mol. The molecule has 12 heteroatoms. The van der Waals surface area contributed by atoms with Crippen LogP contribution in [-0.4, -0.2) is 0 Å². The quantitative estimate of drug-likeness (QED) is 0.114. The first-order valence-electron chi connectivity index (χ1n) is 12.5. The van der Waals surface area contributed by atoms with Gasteiger partial charge in [0.25, 0.3) is 0 Å². The Kier molecular flexibility index (Phi) is 6.67. The molecule has 0 aromatic heterocycles. The molecule has 1 heterocycles. The minimum Gasteiger partial charge on any atom is -0.304 e. The highest BCUT2D eigenvalue weighted by Gasteiger charge is 2.34. The lowest BCUT2D eigenvalue weighted by Crippen LogP contribution is -2.33. The molecule has 0 unspecified atom stereocenters. The van der Waals surface area contributed by atoms with Crippen molar-refractivity contribution in [1.29, 1.82) is 0 Å². The fraction of sp³-hybridized carbons (Fsp3) is 0. The van der Waals surface area contributed by atoms with E-state index in [4.69, 9.17) is 0 Å². The summed E-state index contributed by atoms with van der Waals surface area (Å²) >= 11 is 0. The van der Waals surface area contributed by atoms with Gasteiger partial charge in [-0.2, -0.15) is 0 Å². The Morgan fingerprint density at radius 3 is 1.55 bits per heavy atom. The van der Waals surface area contributed by atoms with Crippen LogP contribution in [0.5, 0.6) is 0 Å². The highest BCUT2D eigenvalue weighted by Crippen LogP contribution is 2.45. The summed E-state index contributed by atoms with van der Waals surface area (Å²) in [6.07, 6.45) is 1.02. The predicted molar refractivity (Wildman–Crippen MR) is 145 cm³/mol. The summed E-state index contributed by atoms with van der Waals surface area (Å²) in [5.41, 5.74) is -3.58. The van der Waals surface area contributed by atoms with E-state index in [9.17, 15) is 26.3 Å². The first-order chi connectivity index (χ1) is 20.9. The maximum absolute atomic E-state index is 15.3. The number of nitrogens with zero attached hydrogens (tertiary/aromatic N) is 2. The summed E-state index contributed by atoms with van der Waals surface area (Å²) in [5, 5.41) is 0.320. The van der Waals surface area contributed by atoms with Gasteiger partial charge in [-0.05, 0) is 47.0 Å². The van der Waals surface area contributed by atoms with Crippen LogP contribution in [0.3, 0.4) is 0 Å². The second kappa shape index (κ2) is 10.2. The van der Waals surface area contributed by atoms with Crippen LogP contribution in [0.1, 0.15) is 0 Å². The molecule has 44 heavy (non-hydrogen) atoms. The van der Waals surface area contributed by atoms with Gasteiger partial charge in [0.2, 0.25) is 11.6 Å². The molecule has 6 rings (SSSR count). The van der Waals surface area contributed by atoms with Crippen molar-refractivity contribution < 1.29 is 43.9 Å². The molecule has 2 nitrogen and oxygen atoms in total. The van der Waals surface area contributed by atoms with Gasteiger partial charge in [0.05, 0.1) is 11.4 Å². The lowest BCUT2D eigenvalue weighted by molar-refractivity contribution is 0.380. The lowest BCUT2D eigenvalue weighted by atomic mass is 10.0. The highest BCUT2D eigenvalue weighted by atomic mass is 19.2. The van der Waals surface area contributed by atoms with Gasteiger partial charge >= 0.3 is 0 Å². The summed E-state index contributed by atoms with van der Waals surface area (Å²) < 4.78 is 147. The third-order valence-electron chi connectivity index (χ3n) is 7.22. The first kappa shape index (κ1) is 28.8. The zero-order valence-electron chi connectivity index (χ0n) is 21.9. The minimum absolute atomic E-state index is 0.0355. The number of halogens is 10. The fourth-order valence-corrected chi connectivity index (χ4v) is 5.20. The van der Waals surface area contributed by atoms with Crippen LogP contribution >= 0.6 is 0 Å². The van der Waals surface area contributed by atoms with Gasteiger partial charge in [-0.3, -0.25) is 0 Å². The summed E-state index contributed by atoms with van der Waals surface area (Å²) in [4.78, 5) is 1.47. The van der Waals surface area contributed by atoms with Crippen LogP contribution in [-0.2, 0) is 0 Å². The Labute approximate surface area is 241 Å². The SMILES string of the molecule is C=CC1=c2cc(ccc2=C)N(c2c(F)c(F)c(F)c(F)c2F)c2cccc3ccc(cc23)N1c1c(F)c(F)c(F)c(F)c1F. The van der Waals surface area contributed by atoms with Crippen molar-refractivity contribution in [3.05, 3.63) is 136 Å². The average molecular weight is 616 g/mol. The smallest absolute Gasteiger partial charge is 0.200 e. The van der Waals surface area contributed by atoms with Gasteiger partial charge in [-0.25, -0.2) is 43.9 Å². The molecule has 0 atom stereocenters. The maximum Gasteiger partial charge on any atom is 0.200 e. The van der Waals surface area contributed by atoms with Gasteiger partial charge < -0.3 is 9.80 Å². The van der Waals surface area contributed by atoms with Crippen molar-refractivity contribution in [1.82, 2.24) is 0 Å². The largest absolute Gasteiger partial charge is 0.304 e. The molecule has 0 aliphatic carbocycles. The second-order valence-corrected chi connectivity index (χ2v) is 9.62. The highest BCUT2D eigenvalue weighted by molar-refractivity contribution is 6.02. The summed E-state index contributed by atoms with van der Waals surface area (Å²) in [7, 11) is 0. The summed E-state index contributed by atoms with van der Waals surface area (Å²) in [5.74, 6) is -22.3. The van der Waals surface area contributed by atoms with Crippen LogP contribution < -0.4 is 20.2 Å². The summed E-state index contributed by atoms with van der Waals surface area (Å²) in [6, 6.07) is 11.7. The van der Waals surface area contributed by atoms with Crippen LogP contribution in [0.15, 0.2) is 67.3 Å². The van der Waals surface area contributed by atoms with E-state index in [0.717, 1.165) is 17.0 Å². The van der Waals surface area contributed by atoms with Gasteiger partial charge in [-0.1, -0.05) is 37.4 Å². The number of rotatable bonds is 3. The Morgan fingerprint density at radius 2 is 1.00 bits per heavy atom. The zero-order chi connectivity index (χ0) is 31.8. The van der Waals surface area contributed by atoms with E-state index >= 15 is 17.6 Å². The number of hydrogen-bond acceptors (Lipinski definition) is 2. The molecule has 0 saturated carbocycles. The Balaban J connectivity index is 1.85. The van der Waals surface area contributed by atoms with Gasteiger partial charge in [-0.15, -0.1) is 0 Å². The predicted octanol–water partition coefficient (Wildman–Crippen LogP) is 8.56. The third-order valence-corrected chi connectivity index (χ3v) is 7.22. The van der Waals surface area contributed by atoms with E-state index in [1.807, 2.05) is 0 Å². The van der Waals surface area contributed by atoms with Gasteiger partial charge in [0, 0.05) is 22.0 Å². The Hall–Kier alpha value is -5.26. The third kappa shape index (κ3) is 3.97. The normalized spacial score (nSPS) is 12.8. The van der Waals surface area contributed by atoms with Crippen molar-refractivity contribution in [2.24, 2.45) is 0 Å². The van der Waals surface area contributed by atoms with Crippen molar-refractivity contribution in [2.75, 3.05) is 9.80 Å². The van der Waals surface area contributed by atoms with Crippen LogP contribution in [0.4, 0.5) is 72.3 Å². The molecule has 1 aliphatic rings. The standard InChI is InChI=1S/C32H14F10N2/c1-3-19-17-11-15(9-7-13(17)2)44(32-29(41)25(37)22(34)26(38)30(32)42)20-6-4-5-14-8-10-16(12-18(14)20)43(19)31-27(39)23(35)21(33)24(36)28(31)40/h3-12H,1-2H2. The lowest BCUT2D eigenvalue weighted by Gasteiger charge is -2.32. The Bertz CT molecular complexity index is 2140. The van der Waals surface area contributed by atoms with Crippen molar-refractivity contribution in [2.45, 2.75) is 0 Å². The Morgan fingerprint density at radius 1 is 0.523 bits per heavy atom. The van der Waals surface area contributed by atoms with E-state index in [1.165, 1.54) is 48.5 Å². The molecule has 0 radical (unpaired) electrons. The number of benzene rings is 5. The van der Waals surface area contributed by atoms with Crippen LogP contribution in [0, 0.1) is 58.2 Å². The van der Waals surface area contributed by atoms with Crippen molar-refractivity contribution in [3.63, 3.8) is 0 Å². The number of anilines is 5. The fourth-order valence-electron chi connectivity index (χ4n) is 5.20. The van der Waals surface area contributed by atoms with Crippen molar-refractivity contribution >= 4 is 51.5 Å². The van der Waals surface area contributed by atoms with Crippen molar-refractivity contribution in [3.8, 4) is 0 Å². The molecular formula is C32H14F10N2. The molecule has 0 saturated heterocycles. The number of hydrogen-bond donors (Lipinski definition) is 0. The molecule has 0 fully saturated rings. The van der Waals surface area contributed by atoms with E-state index in [0.29, 0.717) is 10.3 Å². The first-order valence-corrected chi connectivity index (χ1v) is 12.5. The molecule has 0 amide bonds. The molecule has 4 bridgehead atoms. The minimum atomic E-state index is -2.39. The van der Waals surface area contributed by atoms with E-state index in [2.05, 4.69) is 13.2 Å². The van der Waals surface area contributed by atoms with Crippen LogP contribution in [0.2, 0.25) is 0 Å². The topological polar surface area (TPSA) is 6.48 Å².